The Hall–Kier alpha value is -2.40. The highest BCUT2D eigenvalue weighted by Crippen LogP contribution is 2.28. The molecular weight excluding hydrogens is 376 g/mol. The largest absolute Gasteiger partial charge is 0.444 e. The molecule has 1 N–H and O–H groups in total. The van der Waals surface area contributed by atoms with Crippen molar-refractivity contribution in [2.75, 3.05) is 7.11 Å². The molecule has 0 unspecified atom stereocenters. The lowest BCUT2D eigenvalue weighted by molar-refractivity contribution is 0.0507. The lowest BCUT2D eigenvalue weighted by Crippen LogP contribution is -2.34. The summed E-state index contributed by atoms with van der Waals surface area (Å²) in [5, 5.41) is 3.94. The summed E-state index contributed by atoms with van der Waals surface area (Å²) in [6, 6.07) is 10.1. The van der Waals surface area contributed by atoms with Crippen molar-refractivity contribution >= 4 is 23.1 Å². The maximum absolute atomic E-state index is 12.1. The van der Waals surface area contributed by atoms with Crippen molar-refractivity contribution in [1.29, 1.82) is 0 Å². The number of aromatic nitrogens is 1. The minimum Gasteiger partial charge on any atom is -0.444 e. The number of benzene rings is 1. The molecule has 3 rings (SSSR count). The third kappa shape index (κ3) is 6.30. The smallest absolute Gasteiger partial charge is 0.408 e. The predicted octanol–water partition coefficient (Wildman–Crippen LogP) is 6.04. The summed E-state index contributed by atoms with van der Waals surface area (Å²) in [4.78, 5) is 16.8. The van der Waals surface area contributed by atoms with Gasteiger partial charge in [0.2, 0.25) is 0 Å². The first-order valence-electron chi connectivity index (χ1n) is 10.8. The molecule has 0 bridgehead atoms. The molecule has 1 saturated carbocycles. The highest BCUT2D eigenvalue weighted by atomic mass is 16.6. The van der Waals surface area contributed by atoms with Crippen molar-refractivity contribution < 1.29 is 14.3 Å². The van der Waals surface area contributed by atoms with Gasteiger partial charge in [-0.1, -0.05) is 30.4 Å². The molecule has 2 aromatic rings. The first-order chi connectivity index (χ1) is 14.2. The molecule has 1 atom stereocenters. The maximum Gasteiger partial charge on any atom is 0.408 e. The SMILES string of the molecule is COC1CCC(/C=C/c2ccc3ccc([C@@H](C)NC(=O)OC(C)(C)C)nc3c2)CC1. The lowest BCUT2D eigenvalue weighted by Gasteiger charge is -2.25. The van der Waals surface area contributed by atoms with Gasteiger partial charge in [-0.25, -0.2) is 4.79 Å². The van der Waals surface area contributed by atoms with Crippen molar-refractivity contribution in [3.8, 4) is 0 Å². The van der Waals surface area contributed by atoms with Gasteiger partial charge in [-0.15, -0.1) is 0 Å². The average molecular weight is 411 g/mol. The Kier molecular flexibility index (Phi) is 7.14. The molecule has 5 nitrogen and oxygen atoms in total. The van der Waals surface area contributed by atoms with E-state index in [1.165, 1.54) is 12.8 Å². The van der Waals surface area contributed by atoms with Gasteiger partial charge in [-0.05, 0) is 77.0 Å². The number of carbonyl (C=O) groups is 1. The predicted molar refractivity (Wildman–Crippen MR) is 121 cm³/mol. The molecule has 1 aromatic heterocycles. The molecule has 0 saturated heterocycles. The van der Waals surface area contributed by atoms with Crippen molar-refractivity contribution in [2.45, 2.75) is 71.1 Å². The van der Waals surface area contributed by atoms with Crippen LogP contribution >= 0.6 is 0 Å². The van der Waals surface area contributed by atoms with Gasteiger partial charge in [0.1, 0.15) is 5.60 Å². The zero-order valence-electron chi connectivity index (χ0n) is 18.8. The Balaban J connectivity index is 1.68. The van der Waals surface area contributed by atoms with Crippen LogP contribution in [0.15, 0.2) is 36.4 Å². The number of fused-ring (bicyclic) bond motifs is 1. The first kappa shape index (κ1) is 22.3. The molecule has 1 amide bonds. The standard InChI is InChI=1S/C25H34N2O3/c1-17(26-24(28)30-25(2,3)4)22-15-12-20-11-8-19(16-23(20)27-22)7-6-18-9-13-21(29-5)14-10-18/h6-8,11-12,15-18,21H,9-10,13-14H2,1-5H3,(H,26,28)/b7-6+/t17-,18?,21?/m1/s1. The van der Waals surface area contributed by atoms with Crippen LogP contribution in [0.3, 0.4) is 0 Å². The van der Waals surface area contributed by atoms with Gasteiger partial charge >= 0.3 is 6.09 Å². The first-order valence-corrected chi connectivity index (χ1v) is 10.8. The maximum atomic E-state index is 12.1. The number of hydrogen-bond acceptors (Lipinski definition) is 4. The second kappa shape index (κ2) is 9.61. The number of rotatable bonds is 5. The summed E-state index contributed by atoms with van der Waals surface area (Å²) in [6.45, 7) is 7.47. The van der Waals surface area contributed by atoms with Crippen LogP contribution in [0.1, 0.15) is 70.7 Å². The minimum absolute atomic E-state index is 0.237. The molecule has 1 aliphatic rings. The normalized spacial score (nSPS) is 21.0. The molecule has 1 aliphatic carbocycles. The summed E-state index contributed by atoms with van der Waals surface area (Å²) in [7, 11) is 1.81. The van der Waals surface area contributed by atoms with E-state index in [1.807, 2.05) is 39.8 Å². The van der Waals surface area contributed by atoms with Crippen molar-refractivity contribution in [3.05, 3.63) is 47.7 Å². The summed E-state index contributed by atoms with van der Waals surface area (Å²) >= 11 is 0. The number of ether oxygens (including phenoxy) is 2. The highest BCUT2D eigenvalue weighted by Gasteiger charge is 2.20. The number of methoxy groups -OCH3 is 1. The summed E-state index contributed by atoms with van der Waals surface area (Å²) in [5.41, 5.74) is 2.36. The van der Waals surface area contributed by atoms with Crippen LogP contribution in [0, 0.1) is 5.92 Å². The van der Waals surface area contributed by atoms with Crippen LogP contribution in [0.25, 0.3) is 17.0 Å². The fourth-order valence-corrected chi connectivity index (χ4v) is 3.82. The number of carbonyl (C=O) groups excluding carboxylic acids is 1. The minimum atomic E-state index is -0.523. The zero-order chi connectivity index (χ0) is 21.7. The van der Waals surface area contributed by atoms with Crippen LogP contribution in [-0.4, -0.2) is 29.9 Å². The van der Waals surface area contributed by atoms with E-state index in [2.05, 4.69) is 35.7 Å². The Morgan fingerprint density at radius 1 is 1.17 bits per heavy atom. The van der Waals surface area contributed by atoms with E-state index < -0.39 is 11.7 Å². The van der Waals surface area contributed by atoms with Crippen molar-refractivity contribution in [2.24, 2.45) is 5.92 Å². The molecule has 0 spiro atoms. The van der Waals surface area contributed by atoms with E-state index in [0.29, 0.717) is 12.0 Å². The number of nitrogens with zero attached hydrogens (tertiary/aromatic N) is 1. The molecule has 162 valence electrons. The third-order valence-corrected chi connectivity index (χ3v) is 5.53. The van der Waals surface area contributed by atoms with E-state index in [9.17, 15) is 4.79 Å². The van der Waals surface area contributed by atoms with Gasteiger partial charge in [0.25, 0.3) is 0 Å². The molecule has 0 aliphatic heterocycles. The second-order valence-corrected chi connectivity index (χ2v) is 9.19. The molecule has 1 fully saturated rings. The van der Waals surface area contributed by atoms with Crippen LogP contribution in [0.2, 0.25) is 0 Å². The van der Waals surface area contributed by atoms with Gasteiger partial charge in [0, 0.05) is 12.5 Å². The van der Waals surface area contributed by atoms with Gasteiger partial charge in [-0.3, -0.25) is 4.98 Å². The van der Waals surface area contributed by atoms with Crippen LogP contribution in [0.5, 0.6) is 0 Å². The van der Waals surface area contributed by atoms with Crippen molar-refractivity contribution in [1.82, 2.24) is 10.3 Å². The van der Waals surface area contributed by atoms with Crippen LogP contribution in [-0.2, 0) is 9.47 Å². The number of nitrogens with one attached hydrogen (secondary N) is 1. The number of alkyl carbamates (subject to hydrolysis) is 1. The number of allylic oxidation sites excluding steroid dienone is 1. The number of amides is 1. The van der Waals surface area contributed by atoms with Gasteiger partial charge in [0.15, 0.2) is 0 Å². The Bertz CT molecular complexity index is 893. The number of pyridine rings is 1. The van der Waals surface area contributed by atoms with E-state index >= 15 is 0 Å². The molecule has 0 radical (unpaired) electrons. The Morgan fingerprint density at radius 2 is 1.87 bits per heavy atom. The molecule has 1 aromatic carbocycles. The average Bonchev–Trinajstić information content (AvgIpc) is 2.70. The van der Waals surface area contributed by atoms with E-state index in [-0.39, 0.29) is 6.04 Å². The summed E-state index contributed by atoms with van der Waals surface area (Å²) < 4.78 is 10.8. The lowest BCUT2D eigenvalue weighted by atomic mass is 9.87. The van der Waals surface area contributed by atoms with Gasteiger partial charge in [0.05, 0.1) is 23.4 Å². The van der Waals surface area contributed by atoms with E-state index in [4.69, 9.17) is 14.5 Å². The van der Waals surface area contributed by atoms with Gasteiger partial charge < -0.3 is 14.8 Å². The van der Waals surface area contributed by atoms with E-state index in [0.717, 1.165) is 35.0 Å². The quantitative estimate of drug-likeness (QED) is 0.653. The van der Waals surface area contributed by atoms with Crippen molar-refractivity contribution in [3.63, 3.8) is 0 Å². The second-order valence-electron chi connectivity index (χ2n) is 9.19. The number of hydrogen-bond donors (Lipinski definition) is 1. The molecule has 5 heteroatoms. The topological polar surface area (TPSA) is 60.5 Å². The summed E-state index contributed by atoms with van der Waals surface area (Å²) in [6.07, 6.45) is 9.15. The van der Waals surface area contributed by atoms with Crippen LogP contribution < -0.4 is 5.32 Å². The van der Waals surface area contributed by atoms with Crippen LogP contribution in [0.4, 0.5) is 4.79 Å². The third-order valence-electron chi connectivity index (χ3n) is 5.53. The fraction of sp³-hybridized carbons (Fsp3) is 0.520. The Morgan fingerprint density at radius 3 is 2.53 bits per heavy atom. The highest BCUT2D eigenvalue weighted by molar-refractivity contribution is 5.81. The summed E-state index contributed by atoms with van der Waals surface area (Å²) in [5.74, 6) is 0.615. The monoisotopic (exact) mass is 410 g/mol. The molecule has 30 heavy (non-hydrogen) atoms. The van der Waals surface area contributed by atoms with Gasteiger partial charge in [-0.2, -0.15) is 0 Å². The zero-order valence-corrected chi connectivity index (χ0v) is 18.8. The molecule has 1 heterocycles. The Labute approximate surface area is 179 Å². The van der Waals surface area contributed by atoms with E-state index in [1.54, 1.807) is 7.11 Å². The molecular formula is C25H34N2O3. The fourth-order valence-electron chi connectivity index (χ4n) is 3.82.